The number of rotatable bonds is 3. The lowest BCUT2D eigenvalue weighted by atomic mass is 9.98. The number of thiophene rings is 1. The Morgan fingerprint density at radius 2 is 1.71 bits per heavy atom. The third-order valence-corrected chi connectivity index (χ3v) is 5.82. The Labute approximate surface area is 165 Å². The van der Waals surface area contributed by atoms with Crippen molar-refractivity contribution in [1.29, 1.82) is 0 Å². The number of amides is 1. The highest BCUT2D eigenvalue weighted by Crippen LogP contribution is 2.44. The van der Waals surface area contributed by atoms with Crippen molar-refractivity contribution >= 4 is 34.5 Å². The number of para-hydroxylation sites is 1. The summed E-state index contributed by atoms with van der Waals surface area (Å²) < 4.78 is 13.3. The molecule has 1 fully saturated rings. The third-order valence-electron chi connectivity index (χ3n) is 4.75. The van der Waals surface area contributed by atoms with E-state index in [9.17, 15) is 19.1 Å². The van der Waals surface area contributed by atoms with Crippen LogP contribution in [0.3, 0.4) is 0 Å². The van der Waals surface area contributed by atoms with Gasteiger partial charge in [0.15, 0.2) is 0 Å². The number of Topliss-reactive ketones (excluding diaryl/α,β-unsaturated/α-hetero) is 1. The topological polar surface area (TPSA) is 57.6 Å². The van der Waals surface area contributed by atoms with Gasteiger partial charge in [0.05, 0.1) is 5.57 Å². The summed E-state index contributed by atoms with van der Waals surface area (Å²) in [5.41, 5.74) is 1.78. The van der Waals surface area contributed by atoms with Crippen molar-refractivity contribution in [2.24, 2.45) is 0 Å². The van der Waals surface area contributed by atoms with Crippen LogP contribution in [-0.2, 0) is 9.59 Å². The molecule has 28 heavy (non-hydrogen) atoms. The Morgan fingerprint density at radius 1 is 1.04 bits per heavy atom. The molecular weight excluding hydrogens is 377 g/mol. The number of aliphatic hydroxyl groups excluding tert-OH is 1. The second kappa shape index (κ2) is 7.05. The Hall–Kier alpha value is -3.25. The zero-order valence-electron chi connectivity index (χ0n) is 14.9. The Kier molecular flexibility index (Phi) is 4.57. The number of hydrogen-bond acceptors (Lipinski definition) is 4. The molecule has 1 aromatic heterocycles. The first-order valence-corrected chi connectivity index (χ1v) is 9.53. The summed E-state index contributed by atoms with van der Waals surface area (Å²) in [5, 5.41) is 12.8. The van der Waals surface area contributed by atoms with Crippen molar-refractivity contribution in [2.75, 3.05) is 4.90 Å². The van der Waals surface area contributed by atoms with Gasteiger partial charge in [-0.1, -0.05) is 18.2 Å². The fourth-order valence-electron chi connectivity index (χ4n) is 3.36. The van der Waals surface area contributed by atoms with E-state index in [0.717, 1.165) is 10.4 Å². The monoisotopic (exact) mass is 393 g/mol. The predicted molar refractivity (Wildman–Crippen MR) is 107 cm³/mol. The molecule has 1 saturated heterocycles. The highest BCUT2D eigenvalue weighted by molar-refractivity contribution is 7.10. The van der Waals surface area contributed by atoms with Gasteiger partial charge in [0.25, 0.3) is 11.7 Å². The molecule has 1 amide bonds. The fraction of sp³-hybridized carbons (Fsp3) is 0.0909. The van der Waals surface area contributed by atoms with Gasteiger partial charge in [0.1, 0.15) is 17.6 Å². The number of aryl methyl sites for hydroxylation is 1. The van der Waals surface area contributed by atoms with E-state index in [1.54, 1.807) is 24.3 Å². The largest absolute Gasteiger partial charge is 0.507 e. The van der Waals surface area contributed by atoms with E-state index in [4.69, 9.17) is 0 Å². The van der Waals surface area contributed by atoms with E-state index in [1.165, 1.54) is 40.5 Å². The van der Waals surface area contributed by atoms with Gasteiger partial charge in [-0.3, -0.25) is 14.5 Å². The molecule has 1 unspecified atom stereocenters. The number of benzene rings is 2. The molecule has 0 bridgehead atoms. The van der Waals surface area contributed by atoms with Gasteiger partial charge in [0.2, 0.25) is 0 Å². The van der Waals surface area contributed by atoms with Crippen molar-refractivity contribution in [3.05, 3.63) is 93.4 Å². The quantitative estimate of drug-likeness (QED) is 0.394. The van der Waals surface area contributed by atoms with Crippen LogP contribution in [0.4, 0.5) is 10.1 Å². The molecular formula is C22H16FNO3S. The number of carbonyl (C=O) groups excluding carboxylic acids is 2. The molecule has 4 rings (SSSR count). The number of carbonyl (C=O) groups is 2. The summed E-state index contributed by atoms with van der Waals surface area (Å²) >= 11 is 1.42. The summed E-state index contributed by atoms with van der Waals surface area (Å²) in [5.74, 6) is -2.22. The molecule has 0 saturated carbocycles. The normalized spacial score (nSPS) is 18.6. The SMILES string of the molecule is Cc1ccsc1C1/C(=C(/O)c2ccc(F)cc2)C(=O)C(=O)N1c1ccccc1. The van der Waals surface area contributed by atoms with Crippen molar-refractivity contribution in [1.82, 2.24) is 0 Å². The molecule has 6 heteroatoms. The minimum atomic E-state index is -0.761. The number of anilines is 1. The lowest BCUT2D eigenvalue weighted by Crippen LogP contribution is -2.29. The first-order chi connectivity index (χ1) is 13.5. The van der Waals surface area contributed by atoms with Gasteiger partial charge >= 0.3 is 0 Å². The van der Waals surface area contributed by atoms with Crippen molar-refractivity contribution < 1.29 is 19.1 Å². The van der Waals surface area contributed by atoms with Crippen LogP contribution in [0.1, 0.15) is 22.0 Å². The molecule has 0 radical (unpaired) electrons. The maximum atomic E-state index is 13.3. The summed E-state index contributed by atoms with van der Waals surface area (Å²) in [4.78, 5) is 28.0. The molecule has 3 aromatic rings. The minimum Gasteiger partial charge on any atom is -0.507 e. The highest BCUT2D eigenvalue weighted by Gasteiger charge is 2.47. The second-order valence-corrected chi connectivity index (χ2v) is 7.43. The molecule has 2 aromatic carbocycles. The Morgan fingerprint density at radius 3 is 2.32 bits per heavy atom. The zero-order chi connectivity index (χ0) is 19.8. The summed E-state index contributed by atoms with van der Waals surface area (Å²) in [6.45, 7) is 1.90. The molecule has 1 atom stereocenters. The first kappa shape index (κ1) is 18.1. The van der Waals surface area contributed by atoms with E-state index >= 15 is 0 Å². The lowest BCUT2D eigenvalue weighted by Gasteiger charge is -2.25. The molecule has 4 nitrogen and oxygen atoms in total. The van der Waals surface area contributed by atoms with E-state index in [1.807, 2.05) is 24.4 Å². The number of nitrogens with zero attached hydrogens (tertiary/aromatic N) is 1. The molecule has 2 heterocycles. The van der Waals surface area contributed by atoms with E-state index in [0.29, 0.717) is 5.69 Å². The van der Waals surface area contributed by atoms with Crippen molar-refractivity contribution in [3.8, 4) is 0 Å². The number of hydrogen-bond donors (Lipinski definition) is 1. The number of aliphatic hydroxyl groups is 1. The van der Waals surface area contributed by atoms with Crippen molar-refractivity contribution in [3.63, 3.8) is 0 Å². The summed E-state index contributed by atoms with van der Waals surface area (Å²) in [7, 11) is 0. The predicted octanol–water partition coefficient (Wildman–Crippen LogP) is 4.82. The standard InChI is InChI=1S/C22H16FNO3S/c1-13-11-12-28-21(13)18-17(19(25)14-7-9-15(23)10-8-14)20(26)22(27)24(18)16-5-3-2-4-6-16/h2-12,18,25H,1H3/b19-17-. The Bertz CT molecular complexity index is 1090. The molecule has 1 N–H and O–H groups in total. The molecule has 0 aliphatic carbocycles. The number of ketones is 1. The van der Waals surface area contributed by atoms with Crippen LogP contribution in [0.25, 0.3) is 5.76 Å². The van der Waals surface area contributed by atoms with Gasteiger partial charge in [-0.2, -0.15) is 0 Å². The molecule has 1 aliphatic heterocycles. The molecule has 0 spiro atoms. The van der Waals surface area contributed by atoms with E-state index < -0.39 is 23.5 Å². The maximum Gasteiger partial charge on any atom is 0.300 e. The van der Waals surface area contributed by atoms with Gasteiger partial charge in [-0.05, 0) is 60.3 Å². The van der Waals surface area contributed by atoms with Gasteiger partial charge in [-0.25, -0.2) is 4.39 Å². The minimum absolute atomic E-state index is 0.00557. The second-order valence-electron chi connectivity index (χ2n) is 6.48. The van der Waals surface area contributed by atoms with Crippen LogP contribution >= 0.6 is 11.3 Å². The number of halogens is 1. The van der Waals surface area contributed by atoms with E-state index in [-0.39, 0.29) is 16.9 Å². The van der Waals surface area contributed by atoms with Crippen LogP contribution in [0.2, 0.25) is 0 Å². The molecule has 140 valence electrons. The fourth-order valence-corrected chi connectivity index (χ4v) is 4.39. The Balaban J connectivity index is 1.95. The zero-order valence-corrected chi connectivity index (χ0v) is 15.7. The first-order valence-electron chi connectivity index (χ1n) is 8.65. The smallest absolute Gasteiger partial charge is 0.300 e. The maximum absolute atomic E-state index is 13.3. The highest BCUT2D eigenvalue weighted by atomic mass is 32.1. The van der Waals surface area contributed by atoms with Gasteiger partial charge in [0, 0.05) is 16.1 Å². The van der Waals surface area contributed by atoms with Gasteiger partial charge in [-0.15, -0.1) is 11.3 Å². The van der Waals surface area contributed by atoms with E-state index in [2.05, 4.69) is 0 Å². The van der Waals surface area contributed by atoms with Crippen LogP contribution in [-0.4, -0.2) is 16.8 Å². The van der Waals surface area contributed by atoms with Crippen LogP contribution in [0, 0.1) is 12.7 Å². The summed E-state index contributed by atoms with van der Waals surface area (Å²) in [6, 6.07) is 15.2. The van der Waals surface area contributed by atoms with Gasteiger partial charge < -0.3 is 5.11 Å². The summed E-state index contributed by atoms with van der Waals surface area (Å²) in [6.07, 6.45) is 0. The average Bonchev–Trinajstić information content (AvgIpc) is 3.23. The average molecular weight is 393 g/mol. The van der Waals surface area contributed by atoms with Crippen LogP contribution in [0.5, 0.6) is 0 Å². The molecule has 1 aliphatic rings. The van der Waals surface area contributed by atoms with Crippen LogP contribution in [0.15, 0.2) is 71.6 Å². The third kappa shape index (κ3) is 2.92. The van der Waals surface area contributed by atoms with Crippen molar-refractivity contribution in [2.45, 2.75) is 13.0 Å². The lowest BCUT2D eigenvalue weighted by molar-refractivity contribution is -0.132. The van der Waals surface area contributed by atoms with Crippen LogP contribution < -0.4 is 4.90 Å².